The molecule has 1 aromatic heterocycles. The smallest absolute Gasteiger partial charge is 0.311 e. The molecule has 0 saturated carbocycles. The van der Waals surface area contributed by atoms with Gasteiger partial charge in [-0.05, 0) is 25.0 Å². The number of carboxylic acids is 1. The largest absolute Gasteiger partial charge is 0.481 e. The number of aryl methyl sites for hydroxylation is 1. The maximum atomic E-state index is 11.4. The maximum absolute atomic E-state index is 11.4. The molecule has 5 heteroatoms. The standard InChI is InChI=1S/C16H19N3O2/c1-2-18-11-17-9-12(18)10-19-8-7-14(16(20)21)13-5-3-4-6-15(13)19/h3-6,9,11,14H,2,7-8,10H2,1H3,(H,20,21). The fourth-order valence-electron chi connectivity index (χ4n) is 3.01. The Morgan fingerprint density at radius 3 is 3.00 bits per heavy atom. The van der Waals surface area contributed by atoms with Crippen LogP contribution < -0.4 is 4.90 Å². The number of carbonyl (C=O) groups is 1. The Labute approximate surface area is 123 Å². The van der Waals surface area contributed by atoms with Crippen LogP contribution in [0.4, 0.5) is 5.69 Å². The minimum Gasteiger partial charge on any atom is -0.481 e. The Hall–Kier alpha value is -2.30. The number of rotatable bonds is 4. The molecule has 2 aromatic rings. The molecule has 1 N–H and O–H groups in total. The van der Waals surface area contributed by atoms with Crippen molar-refractivity contribution in [2.24, 2.45) is 0 Å². The monoisotopic (exact) mass is 285 g/mol. The van der Waals surface area contributed by atoms with Crippen LogP contribution in [0.25, 0.3) is 0 Å². The van der Waals surface area contributed by atoms with Gasteiger partial charge < -0.3 is 14.6 Å². The number of hydrogen-bond acceptors (Lipinski definition) is 3. The number of aromatic nitrogens is 2. The van der Waals surface area contributed by atoms with E-state index in [-0.39, 0.29) is 0 Å². The summed E-state index contributed by atoms with van der Waals surface area (Å²) in [4.78, 5) is 17.9. The highest BCUT2D eigenvalue weighted by Gasteiger charge is 2.29. The minimum atomic E-state index is -0.735. The Morgan fingerprint density at radius 1 is 1.43 bits per heavy atom. The molecule has 0 amide bonds. The van der Waals surface area contributed by atoms with E-state index in [9.17, 15) is 9.90 Å². The predicted molar refractivity (Wildman–Crippen MR) is 80.4 cm³/mol. The molecule has 110 valence electrons. The van der Waals surface area contributed by atoms with Gasteiger partial charge in [-0.3, -0.25) is 4.79 Å². The third-order valence-corrected chi connectivity index (χ3v) is 4.13. The molecule has 2 heterocycles. The zero-order chi connectivity index (χ0) is 14.8. The Bertz CT molecular complexity index is 650. The van der Waals surface area contributed by atoms with Crippen LogP contribution >= 0.6 is 0 Å². The molecule has 3 rings (SSSR count). The van der Waals surface area contributed by atoms with E-state index in [2.05, 4.69) is 21.4 Å². The first kappa shape index (κ1) is 13.7. The molecule has 5 nitrogen and oxygen atoms in total. The number of benzene rings is 1. The summed E-state index contributed by atoms with van der Waals surface area (Å²) in [7, 11) is 0. The first-order valence-corrected chi connectivity index (χ1v) is 7.26. The van der Waals surface area contributed by atoms with Crippen molar-refractivity contribution in [3.63, 3.8) is 0 Å². The molecule has 0 spiro atoms. The predicted octanol–water partition coefficient (Wildman–Crippen LogP) is 2.48. The van der Waals surface area contributed by atoms with Gasteiger partial charge in [0.1, 0.15) is 0 Å². The summed E-state index contributed by atoms with van der Waals surface area (Å²) in [6, 6.07) is 7.82. The zero-order valence-electron chi connectivity index (χ0n) is 12.1. The lowest BCUT2D eigenvalue weighted by Crippen LogP contribution is -2.33. The summed E-state index contributed by atoms with van der Waals surface area (Å²) in [5.41, 5.74) is 3.10. The van der Waals surface area contributed by atoms with E-state index in [1.807, 2.05) is 36.8 Å². The second-order valence-electron chi connectivity index (χ2n) is 5.33. The fraction of sp³-hybridized carbons (Fsp3) is 0.375. The third-order valence-electron chi connectivity index (χ3n) is 4.13. The molecule has 21 heavy (non-hydrogen) atoms. The summed E-state index contributed by atoms with van der Waals surface area (Å²) in [6.45, 7) is 4.50. The fourth-order valence-corrected chi connectivity index (χ4v) is 3.01. The van der Waals surface area contributed by atoms with Crippen molar-refractivity contribution >= 4 is 11.7 Å². The molecule has 1 aliphatic rings. The summed E-state index contributed by atoms with van der Waals surface area (Å²) in [5.74, 6) is -1.13. The average Bonchev–Trinajstić information content (AvgIpc) is 2.94. The molecule has 0 bridgehead atoms. The highest BCUT2D eigenvalue weighted by atomic mass is 16.4. The van der Waals surface area contributed by atoms with Gasteiger partial charge in [0.25, 0.3) is 0 Å². The van der Waals surface area contributed by atoms with Crippen LogP contribution in [0.2, 0.25) is 0 Å². The summed E-state index contributed by atoms with van der Waals surface area (Å²) in [5, 5.41) is 9.38. The molecule has 0 saturated heterocycles. The maximum Gasteiger partial charge on any atom is 0.311 e. The number of aliphatic carboxylic acids is 1. The third kappa shape index (κ3) is 2.51. The number of carboxylic acid groups (broad SMARTS) is 1. The second kappa shape index (κ2) is 5.60. The molecule has 0 aliphatic carbocycles. The van der Waals surface area contributed by atoms with E-state index >= 15 is 0 Å². The van der Waals surface area contributed by atoms with Gasteiger partial charge in [0.05, 0.1) is 24.5 Å². The van der Waals surface area contributed by atoms with E-state index < -0.39 is 11.9 Å². The first-order valence-electron chi connectivity index (χ1n) is 7.26. The number of nitrogens with zero attached hydrogens (tertiary/aromatic N) is 3. The van der Waals surface area contributed by atoms with E-state index in [4.69, 9.17) is 0 Å². The normalized spacial score (nSPS) is 17.6. The first-order chi connectivity index (χ1) is 10.2. The van der Waals surface area contributed by atoms with Crippen LogP contribution in [0.5, 0.6) is 0 Å². The zero-order valence-corrected chi connectivity index (χ0v) is 12.1. The van der Waals surface area contributed by atoms with E-state index in [1.54, 1.807) is 0 Å². The lowest BCUT2D eigenvalue weighted by Gasteiger charge is -2.34. The van der Waals surface area contributed by atoms with Crippen molar-refractivity contribution in [2.75, 3.05) is 11.4 Å². The van der Waals surface area contributed by atoms with Crippen LogP contribution in [-0.4, -0.2) is 27.2 Å². The van der Waals surface area contributed by atoms with Gasteiger partial charge in [-0.15, -0.1) is 0 Å². The van der Waals surface area contributed by atoms with Gasteiger partial charge in [-0.1, -0.05) is 18.2 Å². The quantitative estimate of drug-likeness (QED) is 0.937. The van der Waals surface area contributed by atoms with Gasteiger partial charge in [-0.25, -0.2) is 4.98 Å². The van der Waals surface area contributed by atoms with Crippen LogP contribution in [-0.2, 0) is 17.9 Å². The lowest BCUT2D eigenvalue weighted by atomic mass is 9.90. The molecular formula is C16H19N3O2. The topological polar surface area (TPSA) is 58.4 Å². The van der Waals surface area contributed by atoms with Crippen molar-refractivity contribution in [1.82, 2.24) is 9.55 Å². The van der Waals surface area contributed by atoms with Crippen LogP contribution in [0, 0.1) is 0 Å². The van der Waals surface area contributed by atoms with Crippen LogP contribution in [0.3, 0.4) is 0 Å². The Kier molecular flexibility index (Phi) is 3.64. The van der Waals surface area contributed by atoms with E-state index in [0.29, 0.717) is 6.42 Å². The highest BCUT2D eigenvalue weighted by molar-refractivity contribution is 5.80. The van der Waals surface area contributed by atoms with Crippen molar-refractivity contribution in [2.45, 2.75) is 32.4 Å². The number of hydrogen-bond donors (Lipinski definition) is 1. The Balaban J connectivity index is 1.91. The molecule has 1 aliphatic heterocycles. The summed E-state index contributed by atoms with van der Waals surface area (Å²) >= 11 is 0. The lowest BCUT2D eigenvalue weighted by molar-refractivity contribution is -0.139. The molecule has 1 unspecified atom stereocenters. The van der Waals surface area contributed by atoms with Crippen LogP contribution in [0.15, 0.2) is 36.8 Å². The van der Waals surface area contributed by atoms with Crippen LogP contribution in [0.1, 0.15) is 30.5 Å². The van der Waals surface area contributed by atoms with Crippen molar-refractivity contribution < 1.29 is 9.90 Å². The number of fused-ring (bicyclic) bond motifs is 1. The number of anilines is 1. The molecular weight excluding hydrogens is 266 g/mol. The van der Waals surface area contributed by atoms with Crippen molar-refractivity contribution in [1.29, 1.82) is 0 Å². The number of para-hydroxylation sites is 1. The molecule has 0 radical (unpaired) electrons. The number of imidazole rings is 1. The SMILES string of the molecule is CCn1cncc1CN1CCC(C(=O)O)c2ccccc21. The second-order valence-corrected chi connectivity index (χ2v) is 5.33. The van der Waals surface area contributed by atoms with Gasteiger partial charge in [0, 0.05) is 25.0 Å². The minimum absolute atomic E-state index is 0.395. The summed E-state index contributed by atoms with van der Waals surface area (Å²) < 4.78 is 2.12. The van der Waals surface area contributed by atoms with Crippen molar-refractivity contribution in [3.8, 4) is 0 Å². The average molecular weight is 285 g/mol. The van der Waals surface area contributed by atoms with Gasteiger partial charge >= 0.3 is 5.97 Å². The summed E-state index contributed by atoms with van der Waals surface area (Å²) in [6.07, 6.45) is 4.37. The molecule has 1 aromatic carbocycles. The molecule has 1 atom stereocenters. The van der Waals surface area contributed by atoms with Gasteiger partial charge in [0.15, 0.2) is 0 Å². The van der Waals surface area contributed by atoms with Gasteiger partial charge in [-0.2, -0.15) is 0 Å². The van der Waals surface area contributed by atoms with Crippen molar-refractivity contribution in [3.05, 3.63) is 48.0 Å². The van der Waals surface area contributed by atoms with Gasteiger partial charge in [0.2, 0.25) is 0 Å². The van der Waals surface area contributed by atoms with E-state index in [1.165, 1.54) is 0 Å². The Morgan fingerprint density at radius 2 is 2.24 bits per heavy atom. The molecule has 0 fully saturated rings. The highest BCUT2D eigenvalue weighted by Crippen LogP contribution is 2.36. The van der Waals surface area contributed by atoms with E-state index in [0.717, 1.165) is 36.6 Å².